The predicted octanol–water partition coefficient (Wildman–Crippen LogP) is 2.44. The molecule has 0 radical (unpaired) electrons. The van der Waals surface area contributed by atoms with Crippen LogP contribution in [0.25, 0.3) is 6.08 Å². The number of amides is 1. The van der Waals surface area contributed by atoms with Crippen LogP contribution in [0.4, 0.5) is 0 Å². The van der Waals surface area contributed by atoms with E-state index in [1.165, 1.54) is 13.2 Å². The highest BCUT2D eigenvalue weighted by atomic mass is 16.5. The molecule has 0 heterocycles. The smallest absolute Gasteiger partial charge is 0.307 e. The summed E-state index contributed by atoms with van der Waals surface area (Å²) >= 11 is 0. The first-order chi connectivity index (χ1) is 12.5. The normalized spacial score (nSPS) is 11.0. The summed E-state index contributed by atoms with van der Waals surface area (Å²) in [4.78, 5) is 28.0. The molecule has 1 rings (SSSR count). The van der Waals surface area contributed by atoms with Crippen molar-refractivity contribution in [2.24, 2.45) is 0 Å². The molecule has 6 heteroatoms. The van der Waals surface area contributed by atoms with E-state index in [9.17, 15) is 9.59 Å². The fraction of sp³-hybridized carbons (Fsp3) is 0.500. The molecule has 0 aliphatic rings. The highest BCUT2D eigenvalue weighted by molar-refractivity contribution is 5.92. The number of benzene rings is 1. The molecule has 0 spiro atoms. The van der Waals surface area contributed by atoms with Crippen LogP contribution in [-0.4, -0.2) is 68.6 Å². The second-order valence-corrected chi connectivity index (χ2v) is 5.79. The number of methoxy groups -OCH3 is 2. The van der Waals surface area contributed by atoms with Crippen LogP contribution in [0, 0.1) is 0 Å². The Balaban J connectivity index is 2.76. The Morgan fingerprint density at radius 2 is 1.81 bits per heavy atom. The number of hydrogen-bond donors (Lipinski definition) is 0. The Kier molecular flexibility index (Phi) is 10.1. The third-order valence-corrected chi connectivity index (χ3v) is 4.22. The molecule has 0 atom stereocenters. The van der Waals surface area contributed by atoms with Gasteiger partial charge in [-0.05, 0) is 36.9 Å². The molecular formula is C20H30N2O4. The number of nitrogens with zero attached hydrogens (tertiary/aromatic N) is 2. The number of esters is 1. The van der Waals surface area contributed by atoms with Crippen molar-refractivity contribution < 1.29 is 19.1 Å². The van der Waals surface area contributed by atoms with Gasteiger partial charge >= 0.3 is 5.97 Å². The third kappa shape index (κ3) is 7.70. The summed E-state index contributed by atoms with van der Waals surface area (Å²) in [5.74, 6) is 0.301. The van der Waals surface area contributed by atoms with Crippen LogP contribution in [0.5, 0.6) is 5.75 Å². The molecule has 6 nitrogen and oxygen atoms in total. The van der Waals surface area contributed by atoms with Crippen molar-refractivity contribution >= 4 is 18.0 Å². The molecule has 1 aromatic carbocycles. The van der Waals surface area contributed by atoms with E-state index in [0.29, 0.717) is 13.1 Å². The van der Waals surface area contributed by atoms with E-state index in [4.69, 9.17) is 4.74 Å². The topological polar surface area (TPSA) is 59.1 Å². The maximum Gasteiger partial charge on any atom is 0.307 e. The second-order valence-electron chi connectivity index (χ2n) is 5.79. The molecule has 144 valence electrons. The largest absolute Gasteiger partial charge is 0.497 e. The standard InChI is InChI=1S/C20H30N2O4/c1-5-21(6-2)14-15-22(13-12-20(24)26-4)19(23)11-10-17-8-7-9-18(16-17)25-3/h7-11,16H,5-6,12-15H2,1-4H3/b11-10+. The van der Waals surface area contributed by atoms with Gasteiger partial charge < -0.3 is 19.3 Å². The average molecular weight is 362 g/mol. The Labute approximate surface area is 156 Å². The van der Waals surface area contributed by atoms with Gasteiger partial charge in [-0.3, -0.25) is 9.59 Å². The lowest BCUT2D eigenvalue weighted by Crippen LogP contribution is -2.39. The van der Waals surface area contributed by atoms with Crippen LogP contribution in [0.15, 0.2) is 30.3 Å². The fourth-order valence-corrected chi connectivity index (χ4v) is 2.48. The summed E-state index contributed by atoms with van der Waals surface area (Å²) in [6.07, 6.45) is 3.48. The number of carbonyl (C=O) groups is 2. The fourth-order valence-electron chi connectivity index (χ4n) is 2.48. The summed E-state index contributed by atoms with van der Waals surface area (Å²) in [5.41, 5.74) is 0.884. The van der Waals surface area contributed by atoms with Crippen molar-refractivity contribution in [1.29, 1.82) is 0 Å². The SMILES string of the molecule is CCN(CC)CCN(CCC(=O)OC)C(=O)/C=C/c1cccc(OC)c1. The first-order valence-corrected chi connectivity index (χ1v) is 8.94. The van der Waals surface area contributed by atoms with Gasteiger partial charge in [0.15, 0.2) is 0 Å². The Bertz CT molecular complexity index is 597. The molecular weight excluding hydrogens is 332 g/mol. The molecule has 0 saturated heterocycles. The number of rotatable bonds is 11. The number of carbonyl (C=O) groups excluding carboxylic acids is 2. The first kappa shape index (κ1) is 21.7. The van der Waals surface area contributed by atoms with E-state index in [-0.39, 0.29) is 18.3 Å². The van der Waals surface area contributed by atoms with Gasteiger partial charge in [0.05, 0.1) is 20.6 Å². The second kappa shape index (κ2) is 12.1. The summed E-state index contributed by atoms with van der Waals surface area (Å²) in [7, 11) is 2.96. The Morgan fingerprint density at radius 3 is 2.42 bits per heavy atom. The Hall–Kier alpha value is -2.34. The molecule has 0 aliphatic carbocycles. The van der Waals surface area contributed by atoms with Gasteiger partial charge in [-0.1, -0.05) is 26.0 Å². The molecule has 1 aromatic rings. The van der Waals surface area contributed by atoms with Crippen LogP contribution in [0.3, 0.4) is 0 Å². The molecule has 0 aromatic heterocycles. The van der Waals surface area contributed by atoms with Crippen molar-refractivity contribution in [3.05, 3.63) is 35.9 Å². The number of likely N-dealkylation sites (N-methyl/N-ethyl adjacent to an activating group) is 1. The van der Waals surface area contributed by atoms with E-state index in [2.05, 4.69) is 23.5 Å². The van der Waals surface area contributed by atoms with Crippen LogP contribution in [-0.2, 0) is 14.3 Å². The molecule has 0 bridgehead atoms. The van der Waals surface area contributed by atoms with Crippen molar-refractivity contribution in [3.63, 3.8) is 0 Å². The molecule has 0 N–H and O–H groups in total. The van der Waals surface area contributed by atoms with Crippen LogP contribution in [0.2, 0.25) is 0 Å². The van der Waals surface area contributed by atoms with Crippen molar-refractivity contribution in [3.8, 4) is 5.75 Å². The highest BCUT2D eigenvalue weighted by Gasteiger charge is 2.14. The molecule has 0 unspecified atom stereocenters. The minimum absolute atomic E-state index is 0.121. The average Bonchev–Trinajstić information content (AvgIpc) is 2.68. The minimum atomic E-state index is -0.317. The maximum atomic E-state index is 12.6. The summed E-state index contributed by atoms with van der Waals surface area (Å²) < 4.78 is 9.87. The quantitative estimate of drug-likeness (QED) is 0.447. The van der Waals surface area contributed by atoms with E-state index < -0.39 is 0 Å². The van der Waals surface area contributed by atoms with E-state index in [1.54, 1.807) is 18.1 Å². The van der Waals surface area contributed by atoms with Gasteiger partial charge in [0.1, 0.15) is 5.75 Å². The number of ether oxygens (including phenoxy) is 2. The van der Waals surface area contributed by atoms with Gasteiger partial charge in [0, 0.05) is 25.7 Å². The van der Waals surface area contributed by atoms with Crippen LogP contribution in [0.1, 0.15) is 25.8 Å². The summed E-state index contributed by atoms with van der Waals surface area (Å²) in [5, 5.41) is 0. The van der Waals surface area contributed by atoms with Crippen LogP contribution >= 0.6 is 0 Å². The van der Waals surface area contributed by atoms with Gasteiger partial charge in [-0.25, -0.2) is 0 Å². The molecule has 0 saturated carbocycles. The zero-order valence-electron chi connectivity index (χ0n) is 16.2. The van der Waals surface area contributed by atoms with E-state index in [1.807, 2.05) is 24.3 Å². The molecule has 26 heavy (non-hydrogen) atoms. The van der Waals surface area contributed by atoms with Crippen molar-refractivity contribution in [1.82, 2.24) is 9.80 Å². The van der Waals surface area contributed by atoms with Gasteiger partial charge in [-0.2, -0.15) is 0 Å². The zero-order valence-corrected chi connectivity index (χ0v) is 16.2. The lowest BCUT2D eigenvalue weighted by Gasteiger charge is -2.25. The third-order valence-electron chi connectivity index (χ3n) is 4.22. The highest BCUT2D eigenvalue weighted by Crippen LogP contribution is 2.13. The van der Waals surface area contributed by atoms with Gasteiger partial charge in [0.2, 0.25) is 5.91 Å². The Morgan fingerprint density at radius 1 is 1.08 bits per heavy atom. The minimum Gasteiger partial charge on any atom is -0.497 e. The summed E-state index contributed by atoms with van der Waals surface area (Å²) in [6, 6.07) is 7.49. The summed E-state index contributed by atoms with van der Waals surface area (Å²) in [6.45, 7) is 7.71. The molecule has 1 amide bonds. The number of hydrogen-bond acceptors (Lipinski definition) is 5. The van der Waals surface area contributed by atoms with Gasteiger partial charge in [0.25, 0.3) is 0 Å². The molecule has 0 fully saturated rings. The lowest BCUT2D eigenvalue weighted by atomic mass is 10.2. The first-order valence-electron chi connectivity index (χ1n) is 8.94. The van der Waals surface area contributed by atoms with Gasteiger partial charge in [-0.15, -0.1) is 0 Å². The van der Waals surface area contributed by atoms with E-state index >= 15 is 0 Å². The van der Waals surface area contributed by atoms with Crippen molar-refractivity contribution in [2.75, 3.05) is 46.9 Å². The predicted molar refractivity (Wildman–Crippen MR) is 103 cm³/mol. The molecule has 0 aliphatic heterocycles. The lowest BCUT2D eigenvalue weighted by molar-refractivity contribution is -0.141. The maximum absolute atomic E-state index is 12.6. The monoisotopic (exact) mass is 362 g/mol. The van der Waals surface area contributed by atoms with Crippen molar-refractivity contribution in [2.45, 2.75) is 20.3 Å². The van der Waals surface area contributed by atoms with E-state index in [0.717, 1.165) is 30.9 Å². The van der Waals surface area contributed by atoms with Crippen LogP contribution < -0.4 is 4.74 Å². The zero-order chi connectivity index (χ0) is 19.4.